The second-order valence-corrected chi connectivity index (χ2v) is 11.2. The molecular formula is C18H21F10N3O4S2+2. The van der Waals surface area contributed by atoms with Gasteiger partial charge in [0, 0.05) is 18.1 Å². The van der Waals surface area contributed by atoms with Crippen LogP contribution in [0.1, 0.15) is 25.3 Å². The molecule has 0 radical (unpaired) electrons. The highest BCUT2D eigenvalue weighted by Crippen LogP contribution is 2.45. The summed E-state index contributed by atoms with van der Waals surface area (Å²) in [6.07, 6.45) is -7.09. The summed E-state index contributed by atoms with van der Waals surface area (Å²) >= 11 is 0. The third-order valence-corrected chi connectivity index (χ3v) is 8.19. The summed E-state index contributed by atoms with van der Waals surface area (Å²) in [7, 11) is -13.9. The van der Waals surface area contributed by atoms with Gasteiger partial charge in [-0.05, 0) is 13.0 Å². The van der Waals surface area contributed by atoms with Crippen LogP contribution in [0.4, 0.5) is 43.9 Å². The first-order valence-electron chi connectivity index (χ1n) is 9.88. The molecule has 0 amide bonds. The van der Waals surface area contributed by atoms with Crippen molar-refractivity contribution in [1.29, 1.82) is 0 Å². The second kappa shape index (κ2) is 10.7. The Morgan fingerprint density at radius 1 is 0.865 bits per heavy atom. The zero-order chi connectivity index (χ0) is 29.3. The molecule has 19 heteroatoms. The minimum Gasteiger partial charge on any atom is -0.222 e. The molecule has 0 fully saturated rings. The Hall–Kier alpha value is -2.44. The Labute approximate surface area is 204 Å². The predicted molar refractivity (Wildman–Crippen MR) is 105 cm³/mol. The fourth-order valence-electron chi connectivity index (χ4n) is 2.60. The molecule has 0 spiro atoms. The molecule has 0 unspecified atom stereocenters. The Kier molecular flexibility index (Phi) is 9.46. The van der Waals surface area contributed by atoms with E-state index in [0.29, 0.717) is 7.05 Å². The van der Waals surface area contributed by atoms with E-state index in [1.54, 1.807) is 0 Å². The lowest BCUT2D eigenvalue weighted by Gasteiger charge is -2.20. The summed E-state index contributed by atoms with van der Waals surface area (Å²) < 4.78 is 173. The maximum Gasteiger partial charge on any atom is 0.479 e. The van der Waals surface area contributed by atoms with Crippen LogP contribution < -0.4 is 9.13 Å². The van der Waals surface area contributed by atoms with Crippen molar-refractivity contribution >= 4 is 19.9 Å². The highest BCUT2D eigenvalue weighted by molar-refractivity contribution is 7.94. The van der Waals surface area contributed by atoms with Crippen molar-refractivity contribution in [2.75, 3.05) is 0 Å². The third-order valence-electron chi connectivity index (χ3n) is 4.51. The predicted octanol–water partition coefficient (Wildman–Crippen LogP) is 3.66. The number of pyridine rings is 1. The molecule has 2 heterocycles. The first-order valence-corrected chi connectivity index (χ1v) is 12.8. The third kappa shape index (κ3) is 6.35. The topological polar surface area (TPSA) is 81.0 Å². The monoisotopic (exact) mass is 597 g/mol. The molecule has 0 aliphatic rings. The average Bonchev–Trinajstić information content (AvgIpc) is 3.14. The highest BCUT2D eigenvalue weighted by Gasteiger charge is 2.74. The van der Waals surface area contributed by atoms with Gasteiger partial charge in [-0.15, -0.1) is 3.97 Å². The molecule has 0 aromatic carbocycles. The number of aromatic nitrogens is 3. The summed E-state index contributed by atoms with van der Waals surface area (Å²) in [4.78, 5) is 0. The molecule has 37 heavy (non-hydrogen) atoms. The summed E-state index contributed by atoms with van der Waals surface area (Å²) in [6.45, 7) is 5.50. The number of hydrogen-bond donors (Lipinski definition) is 0. The van der Waals surface area contributed by atoms with Gasteiger partial charge in [0.25, 0.3) is 0 Å². The number of nitrogens with zero attached hydrogens (tertiary/aromatic N) is 3. The molecule has 2 aromatic heterocycles. The second-order valence-electron chi connectivity index (χ2n) is 7.50. The van der Waals surface area contributed by atoms with Crippen molar-refractivity contribution in [3.8, 4) is 0 Å². The zero-order valence-corrected chi connectivity index (χ0v) is 20.8. The lowest BCUT2D eigenvalue weighted by atomic mass is 10.3. The SMILES string of the molecule is CCCC[n+]1cccc(C)c1.C[n+]1ccn(S(=O)(=O)C(F)(F)C(F)(F)F)c1S(=O)(=O)C(F)(F)C(F)(F)F. The molecule has 0 atom stereocenters. The highest BCUT2D eigenvalue weighted by atomic mass is 32.2. The fourth-order valence-corrected chi connectivity index (χ4v) is 5.55. The number of aryl methyl sites for hydroxylation is 3. The van der Waals surface area contributed by atoms with E-state index in [0.717, 1.165) is 6.54 Å². The van der Waals surface area contributed by atoms with Gasteiger partial charge < -0.3 is 0 Å². The van der Waals surface area contributed by atoms with Crippen LogP contribution in [0.3, 0.4) is 0 Å². The minimum absolute atomic E-state index is 0.0728. The maximum atomic E-state index is 13.2. The smallest absolute Gasteiger partial charge is 0.222 e. The molecule has 0 saturated heterocycles. The van der Waals surface area contributed by atoms with Crippen LogP contribution in [-0.2, 0) is 33.5 Å². The van der Waals surface area contributed by atoms with Gasteiger partial charge in [0.1, 0.15) is 18.9 Å². The molecule has 2 aromatic rings. The molecule has 0 saturated carbocycles. The van der Waals surface area contributed by atoms with Gasteiger partial charge in [0.15, 0.2) is 12.4 Å². The molecule has 0 bridgehead atoms. The van der Waals surface area contributed by atoms with Crippen molar-refractivity contribution in [2.45, 2.75) is 61.3 Å². The van der Waals surface area contributed by atoms with E-state index in [2.05, 4.69) is 42.9 Å². The van der Waals surface area contributed by atoms with Crippen molar-refractivity contribution < 1.29 is 69.9 Å². The number of alkyl halides is 10. The van der Waals surface area contributed by atoms with Crippen LogP contribution in [-0.4, -0.2) is 43.7 Å². The molecule has 0 N–H and O–H groups in total. The Bertz CT molecular complexity index is 1300. The van der Waals surface area contributed by atoms with Gasteiger partial charge in [-0.25, -0.2) is 17.6 Å². The standard InChI is InChI=1S/C10H16N.C8H5F10N2O4S2/c1-3-4-7-11-8-5-6-10(2)9-11;1-19-2-3-20(26(23,24)8(17,18)6(12,13)14)4(19)25(21,22)7(15,16)5(9,10)11/h5-6,8-9H,3-4,7H2,1-2H3;2-3H,1H3/q2*+1. The van der Waals surface area contributed by atoms with Gasteiger partial charge in [0.05, 0.1) is 7.05 Å². The van der Waals surface area contributed by atoms with E-state index >= 15 is 0 Å². The van der Waals surface area contributed by atoms with E-state index in [-0.39, 0.29) is 17.0 Å². The van der Waals surface area contributed by atoms with Crippen molar-refractivity contribution in [3.05, 3.63) is 42.5 Å². The number of sulfone groups is 1. The van der Waals surface area contributed by atoms with Gasteiger partial charge in [-0.3, -0.25) is 0 Å². The van der Waals surface area contributed by atoms with Gasteiger partial charge in [-0.2, -0.15) is 52.3 Å². The zero-order valence-electron chi connectivity index (χ0n) is 19.2. The number of unbranched alkanes of at least 4 members (excludes halogenated alkanes) is 1. The average molecular weight is 597 g/mol. The lowest BCUT2D eigenvalue weighted by molar-refractivity contribution is -0.709. The van der Waals surface area contributed by atoms with E-state index in [9.17, 15) is 60.7 Å². The molecule has 2 rings (SSSR count). The van der Waals surface area contributed by atoms with Crippen LogP contribution >= 0.6 is 0 Å². The number of rotatable bonds is 7. The van der Waals surface area contributed by atoms with Crippen LogP contribution in [0, 0.1) is 6.92 Å². The van der Waals surface area contributed by atoms with Crippen LogP contribution in [0.25, 0.3) is 0 Å². The van der Waals surface area contributed by atoms with E-state index in [1.807, 2.05) is 0 Å². The van der Waals surface area contributed by atoms with Gasteiger partial charge >= 0.3 is 47.9 Å². The Balaban J connectivity index is 0.000000516. The maximum absolute atomic E-state index is 13.2. The summed E-state index contributed by atoms with van der Waals surface area (Å²) in [5, 5.41) is -16.1. The summed E-state index contributed by atoms with van der Waals surface area (Å²) in [5.74, 6) is 0. The Morgan fingerprint density at radius 2 is 1.38 bits per heavy atom. The summed E-state index contributed by atoms with van der Waals surface area (Å²) in [6, 6.07) is 4.23. The number of hydrogen-bond acceptors (Lipinski definition) is 4. The van der Waals surface area contributed by atoms with Crippen molar-refractivity contribution in [2.24, 2.45) is 7.05 Å². The van der Waals surface area contributed by atoms with Crippen LogP contribution in [0.2, 0.25) is 0 Å². The van der Waals surface area contributed by atoms with Crippen LogP contribution in [0.5, 0.6) is 0 Å². The molecule has 7 nitrogen and oxygen atoms in total. The number of imidazole rings is 1. The summed E-state index contributed by atoms with van der Waals surface area (Å²) in [5.41, 5.74) is 1.34. The lowest BCUT2D eigenvalue weighted by Crippen LogP contribution is -2.52. The molecule has 0 aliphatic carbocycles. The molecule has 212 valence electrons. The first kappa shape index (κ1) is 32.6. The van der Waals surface area contributed by atoms with Crippen molar-refractivity contribution in [1.82, 2.24) is 3.97 Å². The van der Waals surface area contributed by atoms with Crippen LogP contribution in [0.15, 0.2) is 42.1 Å². The van der Waals surface area contributed by atoms with Crippen molar-refractivity contribution in [3.63, 3.8) is 0 Å². The molecule has 0 aliphatic heterocycles. The normalized spacial score (nSPS) is 13.8. The number of halogens is 10. The quantitative estimate of drug-likeness (QED) is 0.361. The van der Waals surface area contributed by atoms with E-state index in [1.165, 1.54) is 18.4 Å². The minimum atomic E-state index is -7.14. The van der Waals surface area contributed by atoms with Gasteiger partial charge in [0.2, 0.25) is 0 Å². The van der Waals surface area contributed by atoms with E-state index < -0.39 is 51.9 Å². The van der Waals surface area contributed by atoms with Gasteiger partial charge in [-0.1, -0.05) is 13.3 Å². The first-order chi connectivity index (χ1) is 16.5. The fraction of sp³-hybridized carbons (Fsp3) is 0.556. The van der Waals surface area contributed by atoms with E-state index in [4.69, 9.17) is 0 Å². The largest absolute Gasteiger partial charge is 0.479 e. The molecular weight excluding hydrogens is 576 g/mol. The Morgan fingerprint density at radius 3 is 1.81 bits per heavy atom.